The smallest absolute Gasteiger partial charge is 0.236 e. The summed E-state index contributed by atoms with van der Waals surface area (Å²) in [7, 11) is -3.45. The van der Waals surface area contributed by atoms with E-state index < -0.39 is 10.0 Å². The zero-order chi connectivity index (χ0) is 17.0. The molecule has 3 rings (SSSR count). The van der Waals surface area contributed by atoms with Crippen molar-refractivity contribution in [3.8, 4) is 5.88 Å². The monoisotopic (exact) mass is 345 g/mol. The molecule has 1 atom stereocenters. The second-order valence-electron chi connectivity index (χ2n) is 5.66. The first-order chi connectivity index (χ1) is 11.5. The van der Waals surface area contributed by atoms with Crippen LogP contribution >= 0.6 is 0 Å². The molecular weight excluding hydrogens is 326 g/mol. The fourth-order valence-corrected chi connectivity index (χ4v) is 3.70. The molecule has 126 valence electrons. The van der Waals surface area contributed by atoms with Crippen molar-refractivity contribution in [3.05, 3.63) is 59.1 Å². The maximum Gasteiger partial charge on any atom is 0.236 e. The van der Waals surface area contributed by atoms with E-state index in [9.17, 15) is 8.42 Å². The lowest BCUT2D eigenvalue weighted by Gasteiger charge is -2.14. The highest BCUT2D eigenvalue weighted by Gasteiger charge is 2.31. The van der Waals surface area contributed by atoms with Gasteiger partial charge in [-0.25, -0.2) is 8.42 Å². The summed E-state index contributed by atoms with van der Waals surface area (Å²) in [5.74, 6) is 0.421. The molecule has 1 aliphatic heterocycles. The predicted octanol–water partition coefficient (Wildman–Crippen LogP) is 2.24. The fraction of sp³-hybridized carbons (Fsp3) is 0.294. The number of aromatic nitrogens is 2. The third-order valence-corrected chi connectivity index (χ3v) is 5.29. The molecule has 2 heterocycles. The van der Waals surface area contributed by atoms with Gasteiger partial charge in [0.1, 0.15) is 6.10 Å². The summed E-state index contributed by atoms with van der Waals surface area (Å²) in [5.41, 5.74) is 1.66. The molecule has 2 aromatic rings. The lowest BCUT2D eigenvalue weighted by Crippen LogP contribution is -2.29. The van der Waals surface area contributed by atoms with Crippen molar-refractivity contribution >= 4 is 16.1 Å². The van der Waals surface area contributed by atoms with Crippen LogP contribution in [0.1, 0.15) is 17.7 Å². The topological polar surface area (TPSA) is 72.4 Å². The molecule has 24 heavy (non-hydrogen) atoms. The Labute approximate surface area is 141 Å². The first kappa shape index (κ1) is 16.6. The van der Waals surface area contributed by atoms with Crippen LogP contribution in [-0.4, -0.2) is 42.1 Å². The van der Waals surface area contributed by atoms with Crippen molar-refractivity contribution in [2.24, 2.45) is 0 Å². The molecule has 1 aliphatic rings. The minimum absolute atomic E-state index is 0.207. The fourth-order valence-electron chi connectivity index (χ4n) is 2.46. The number of aryl methyl sites for hydroxylation is 1. The van der Waals surface area contributed by atoms with Crippen molar-refractivity contribution < 1.29 is 13.2 Å². The summed E-state index contributed by atoms with van der Waals surface area (Å²) < 4.78 is 32.0. The van der Waals surface area contributed by atoms with Gasteiger partial charge in [-0.2, -0.15) is 9.40 Å². The van der Waals surface area contributed by atoms with E-state index in [1.54, 1.807) is 12.1 Å². The summed E-state index contributed by atoms with van der Waals surface area (Å²) >= 11 is 0. The predicted molar refractivity (Wildman–Crippen MR) is 91.8 cm³/mol. The third kappa shape index (κ3) is 4.18. The number of hydrogen-bond donors (Lipinski definition) is 0. The molecule has 0 radical (unpaired) electrons. The van der Waals surface area contributed by atoms with Gasteiger partial charge in [-0.3, -0.25) is 0 Å². The zero-order valence-electron chi connectivity index (χ0n) is 13.4. The van der Waals surface area contributed by atoms with E-state index in [2.05, 4.69) is 10.2 Å². The Balaban J connectivity index is 1.61. The molecule has 0 unspecified atom stereocenters. The highest BCUT2D eigenvalue weighted by molar-refractivity contribution is 7.92. The molecule has 6 nitrogen and oxygen atoms in total. The van der Waals surface area contributed by atoms with Crippen molar-refractivity contribution in [3.63, 3.8) is 0 Å². The van der Waals surface area contributed by atoms with Gasteiger partial charge in [-0.05, 0) is 31.1 Å². The number of hydrogen-bond acceptors (Lipinski definition) is 5. The van der Waals surface area contributed by atoms with Crippen LogP contribution in [0, 0.1) is 6.92 Å². The van der Waals surface area contributed by atoms with E-state index in [4.69, 9.17) is 4.74 Å². The van der Waals surface area contributed by atoms with Crippen LogP contribution in [0.2, 0.25) is 0 Å². The van der Waals surface area contributed by atoms with Crippen molar-refractivity contribution in [2.75, 3.05) is 13.1 Å². The van der Waals surface area contributed by atoms with Gasteiger partial charge in [-0.1, -0.05) is 30.3 Å². The average Bonchev–Trinajstić information content (AvgIpc) is 3.06. The van der Waals surface area contributed by atoms with Gasteiger partial charge in [0, 0.05) is 18.0 Å². The second kappa shape index (κ2) is 7.11. The standard InChI is InChI=1S/C17H19N3O3S/c1-14-7-8-17(19-18-14)23-16-9-11-20(13-16)24(21,22)12-10-15-5-3-2-4-6-15/h2-8,10,12,16H,9,11,13H2,1H3/b12-10+/t16-/m1/s1. The third-order valence-electron chi connectivity index (χ3n) is 3.76. The molecule has 7 heteroatoms. The molecule has 1 saturated heterocycles. The molecular formula is C17H19N3O3S. The van der Waals surface area contributed by atoms with E-state index in [-0.39, 0.29) is 6.10 Å². The van der Waals surface area contributed by atoms with Crippen LogP contribution in [0.3, 0.4) is 0 Å². The van der Waals surface area contributed by atoms with Gasteiger partial charge in [0.25, 0.3) is 0 Å². The molecule has 0 N–H and O–H groups in total. The largest absolute Gasteiger partial charge is 0.472 e. The van der Waals surface area contributed by atoms with Crippen molar-refractivity contribution in [1.82, 2.24) is 14.5 Å². The van der Waals surface area contributed by atoms with Gasteiger partial charge < -0.3 is 4.74 Å². The van der Waals surface area contributed by atoms with Gasteiger partial charge in [0.2, 0.25) is 15.9 Å². The molecule has 0 saturated carbocycles. The Bertz CT molecular complexity index is 805. The molecule has 1 aromatic carbocycles. The minimum atomic E-state index is -3.45. The Kier molecular flexibility index (Phi) is 4.92. The highest BCUT2D eigenvalue weighted by Crippen LogP contribution is 2.20. The quantitative estimate of drug-likeness (QED) is 0.831. The Morgan fingerprint density at radius 1 is 1.17 bits per heavy atom. The van der Waals surface area contributed by atoms with Crippen LogP contribution in [0.4, 0.5) is 0 Å². The first-order valence-corrected chi connectivity index (χ1v) is 9.23. The van der Waals surface area contributed by atoms with Crippen LogP contribution in [-0.2, 0) is 10.0 Å². The average molecular weight is 345 g/mol. The maximum absolute atomic E-state index is 12.4. The molecule has 0 spiro atoms. The lowest BCUT2D eigenvalue weighted by atomic mass is 10.2. The van der Waals surface area contributed by atoms with Gasteiger partial charge in [-0.15, -0.1) is 5.10 Å². The van der Waals surface area contributed by atoms with E-state index in [0.29, 0.717) is 25.4 Å². The van der Waals surface area contributed by atoms with Crippen molar-refractivity contribution in [2.45, 2.75) is 19.4 Å². The normalized spacial score (nSPS) is 19.0. The van der Waals surface area contributed by atoms with Crippen LogP contribution in [0.5, 0.6) is 5.88 Å². The van der Waals surface area contributed by atoms with E-state index in [1.807, 2.05) is 43.3 Å². The van der Waals surface area contributed by atoms with E-state index >= 15 is 0 Å². The number of ether oxygens (including phenoxy) is 1. The molecule has 0 amide bonds. The Hall–Kier alpha value is -2.25. The van der Waals surface area contributed by atoms with Crippen LogP contribution < -0.4 is 4.74 Å². The summed E-state index contributed by atoms with van der Waals surface area (Å²) in [4.78, 5) is 0. The van der Waals surface area contributed by atoms with Gasteiger partial charge in [0.05, 0.1) is 12.2 Å². The summed E-state index contributed by atoms with van der Waals surface area (Å²) in [6.07, 6.45) is 2.03. The molecule has 0 bridgehead atoms. The first-order valence-electron chi connectivity index (χ1n) is 7.73. The lowest BCUT2D eigenvalue weighted by molar-refractivity contribution is 0.204. The van der Waals surface area contributed by atoms with Gasteiger partial charge in [0.15, 0.2) is 0 Å². The SMILES string of the molecule is Cc1ccc(O[C@@H]2CCN(S(=O)(=O)/C=C/c3ccccc3)C2)nn1. The van der Waals surface area contributed by atoms with E-state index in [1.165, 1.54) is 9.71 Å². The number of nitrogens with zero attached hydrogens (tertiary/aromatic N) is 3. The minimum Gasteiger partial charge on any atom is -0.472 e. The number of benzene rings is 1. The molecule has 1 fully saturated rings. The molecule has 1 aromatic heterocycles. The Morgan fingerprint density at radius 3 is 2.67 bits per heavy atom. The highest BCUT2D eigenvalue weighted by atomic mass is 32.2. The summed E-state index contributed by atoms with van der Waals surface area (Å²) in [5, 5.41) is 9.13. The number of sulfonamides is 1. The van der Waals surface area contributed by atoms with E-state index in [0.717, 1.165) is 11.3 Å². The summed E-state index contributed by atoms with van der Waals surface area (Å²) in [6.45, 7) is 2.60. The van der Waals surface area contributed by atoms with Gasteiger partial charge >= 0.3 is 0 Å². The Morgan fingerprint density at radius 2 is 1.96 bits per heavy atom. The summed E-state index contributed by atoms with van der Waals surface area (Å²) in [6, 6.07) is 12.9. The molecule has 0 aliphatic carbocycles. The maximum atomic E-state index is 12.4. The van der Waals surface area contributed by atoms with Crippen LogP contribution in [0.25, 0.3) is 6.08 Å². The van der Waals surface area contributed by atoms with Crippen LogP contribution in [0.15, 0.2) is 47.9 Å². The van der Waals surface area contributed by atoms with Crippen molar-refractivity contribution in [1.29, 1.82) is 0 Å². The number of rotatable bonds is 5. The zero-order valence-corrected chi connectivity index (χ0v) is 14.2. The second-order valence-corrected chi connectivity index (χ2v) is 7.48.